The first-order valence-corrected chi connectivity index (χ1v) is 10.3. The highest BCUT2D eigenvalue weighted by atomic mass is 35.5. The van der Waals surface area contributed by atoms with Gasteiger partial charge in [0.1, 0.15) is 17.4 Å². The van der Waals surface area contributed by atoms with Crippen molar-refractivity contribution in [3.05, 3.63) is 75.6 Å². The van der Waals surface area contributed by atoms with E-state index < -0.39 is 10.0 Å². The number of furan rings is 1. The fourth-order valence-corrected chi connectivity index (χ4v) is 5.06. The SMILES string of the molecule is NC1=c2ccoc2=NCN1c1ccc(NS(=O)(=O)c2c(Cl)cccc2Cl)cc1. The molecule has 3 aromatic rings. The molecule has 0 saturated carbocycles. The van der Waals surface area contributed by atoms with Crippen LogP contribution in [-0.4, -0.2) is 15.1 Å². The number of nitrogens with zero attached hydrogens (tertiary/aromatic N) is 2. The van der Waals surface area contributed by atoms with E-state index in [9.17, 15) is 8.42 Å². The van der Waals surface area contributed by atoms with Crippen LogP contribution >= 0.6 is 23.2 Å². The van der Waals surface area contributed by atoms with Crippen LogP contribution in [0.1, 0.15) is 0 Å². The number of benzene rings is 2. The summed E-state index contributed by atoms with van der Waals surface area (Å²) in [4.78, 5) is 5.95. The summed E-state index contributed by atoms with van der Waals surface area (Å²) in [6, 6.07) is 13.0. The molecule has 3 N–H and O–H groups in total. The van der Waals surface area contributed by atoms with E-state index in [-0.39, 0.29) is 14.9 Å². The normalized spacial score (nSPS) is 13.8. The van der Waals surface area contributed by atoms with E-state index in [1.165, 1.54) is 18.4 Å². The maximum Gasteiger partial charge on any atom is 0.264 e. The Labute approximate surface area is 170 Å². The molecule has 10 heteroatoms. The van der Waals surface area contributed by atoms with E-state index in [0.29, 0.717) is 28.9 Å². The Bertz CT molecular complexity index is 1250. The van der Waals surface area contributed by atoms with Crippen LogP contribution in [0.3, 0.4) is 0 Å². The highest BCUT2D eigenvalue weighted by molar-refractivity contribution is 7.93. The van der Waals surface area contributed by atoms with Crippen molar-refractivity contribution in [3.8, 4) is 0 Å². The Morgan fingerprint density at radius 3 is 2.43 bits per heavy atom. The smallest absolute Gasteiger partial charge is 0.264 e. The van der Waals surface area contributed by atoms with Crippen molar-refractivity contribution in [2.24, 2.45) is 10.7 Å². The number of fused-ring (bicyclic) bond motifs is 1. The van der Waals surface area contributed by atoms with Crippen molar-refractivity contribution in [1.82, 2.24) is 0 Å². The average Bonchev–Trinajstić information content (AvgIpc) is 3.12. The number of hydrogen-bond donors (Lipinski definition) is 2. The number of nitrogens with two attached hydrogens (primary N) is 1. The lowest BCUT2D eigenvalue weighted by Crippen LogP contribution is -2.42. The first-order chi connectivity index (χ1) is 13.4. The number of nitrogens with one attached hydrogen (secondary N) is 1. The lowest BCUT2D eigenvalue weighted by Gasteiger charge is -2.24. The number of anilines is 2. The molecule has 0 amide bonds. The molecule has 1 aromatic heterocycles. The highest BCUT2D eigenvalue weighted by Gasteiger charge is 2.22. The summed E-state index contributed by atoms with van der Waals surface area (Å²) in [5, 5.41) is 0.805. The van der Waals surface area contributed by atoms with E-state index in [2.05, 4.69) is 9.71 Å². The lowest BCUT2D eigenvalue weighted by atomic mass is 10.2. The molecule has 0 bridgehead atoms. The highest BCUT2D eigenvalue weighted by Crippen LogP contribution is 2.31. The first kappa shape index (κ1) is 18.7. The van der Waals surface area contributed by atoms with Crippen LogP contribution in [0.25, 0.3) is 5.82 Å². The minimum absolute atomic E-state index is 0.0461. The Morgan fingerprint density at radius 2 is 1.75 bits per heavy atom. The predicted molar refractivity (Wildman–Crippen MR) is 108 cm³/mol. The van der Waals surface area contributed by atoms with Crippen molar-refractivity contribution in [2.45, 2.75) is 4.90 Å². The van der Waals surface area contributed by atoms with Gasteiger partial charge in [0.2, 0.25) is 5.55 Å². The van der Waals surface area contributed by atoms with Crippen LogP contribution in [0.4, 0.5) is 11.4 Å². The van der Waals surface area contributed by atoms with Crippen molar-refractivity contribution in [3.63, 3.8) is 0 Å². The summed E-state index contributed by atoms with van der Waals surface area (Å²) in [7, 11) is -3.94. The van der Waals surface area contributed by atoms with Gasteiger partial charge in [-0.1, -0.05) is 29.3 Å². The Kier molecular flexibility index (Phi) is 4.70. The molecule has 2 heterocycles. The molecule has 7 nitrogen and oxygen atoms in total. The molecule has 1 aliphatic heterocycles. The molecule has 1 aliphatic rings. The van der Waals surface area contributed by atoms with Gasteiger partial charge in [0.05, 0.1) is 21.5 Å². The standard InChI is InChI=1S/C18H14Cl2N4O3S/c19-14-2-1-3-15(20)16(14)28(25,26)23-11-4-6-12(7-5-11)24-10-22-18-13(17(24)21)8-9-27-18/h1-9,23H,10,21H2. The topological polar surface area (TPSA) is 101 Å². The van der Waals surface area contributed by atoms with Gasteiger partial charge < -0.3 is 15.1 Å². The second-order valence-electron chi connectivity index (χ2n) is 5.96. The summed E-state index contributed by atoms with van der Waals surface area (Å²) in [5.41, 5.74) is 7.81. The van der Waals surface area contributed by atoms with Gasteiger partial charge in [-0.25, -0.2) is 13.4 Å². The zero-order valence-corrected chi connectivity index (χ0v) is 16.6. The van der Waals surface area contributed by atoms with Gasteiger partial charge >= 0.3 is 0 Å². The van der Waals surface area contributed by atoms with Crippen LogP contribution in [0.2, 0.25) is 10.0 Å². The van der Waals surface area contributed by atoms with E-state index in [1.54, 1.807) is 41.3 Å². The van der Waals surface area contributed by atoms with Crippen LogP contribution in [0, 0.1) is 0 Å². The van der Waals surface area contributed by atoms with E-state index >= 15 is 0 Å². The van der Waals surface area contributed by atoms with E-state index in [4.69, 9.17) is 33.4 Å². The molecule has 0 unspecified atom stereocenters. The first-order valence-electron chi connectivity index (χ1n) is 8.09. The molecule has 28 heavy (non-hydrogen) atoms. The molecule has 0 radical (unpaired) electrons. The molecule has 0 spiro atoms. The van der Waals surface area contributed by atoms with Crippen LogP contribution in [0.5, 0.6) is 0 Å². The third-order valence-corrected chi connectivity index (χ3v) is 6.52. The maximum atomic E-state index is 12.6. The van der Waals surface area contributed by atoms with Crippen molar-refractivity contribution in [1.29, 1.82) is 0 Å². The molecule has 144 valence electrons. The van der Waals surface area contributed by atoms with Crippen molar-refractivity contribution in [2.75, 3.05) is 16.3 Å². The Hall–Kier alpha value is -2.68. The molecule has 2 aromatic carbocycles. The third kappa shape index (κ3) is 3.30. The molecular formula is C18H14Cl2N4O3S. The number of rotatable bonds is 4. The maximum absolute atomic E-state index is 12.6. The van der Waals surface area contributed by atoms with Gasteiger partial charge in [-0.15, -0.1) is 0 Å². The molecule has 0 fully saturated rings. The van der Waals surface area contributed by atoms with Gasteiger partial charge in [-0.2, -0.15) is 0 Å². The number of hydrogen-bond acceptors (Lipinski definition) is 6. The summed E-state index contributed by atoms with van der Waals surface area (Å²) in [6.07, 6.45) is 1.53. The number of sulfonamides is 1. The quantitative estimate of drug-likeness (QED) is 0.653. The summed E-state index contributed by atoms with van der Waals surface area (Å²) < 4.78 is 33.0. The second-order valence-corrected chi connectivity index (χ2v) is 8.39. The zero-order chi connectivity index (χ0) is 19.9. The third-order valence-electron chi connectivity index (χ3n) is 4.19. The van der Waals surface area contributed by atoms with Crippen LogP contribution < -0.4 is 26.1 Å². The molecular weight excluding hydrogens is 423 g/mol. The van der Waals surface area contributed by atoms with E-state index in [0.717, 1.165) is 5.69 Å². The van der Waals surface area contributed by atoms with Crippen molar-refractivity contribution < 1.29 is 12.8 Å². The largest absolute Gasteiger partial charge is 0.446 e. The van der Waals surface area contributed by atoms with Gasteiger partial charge in [-0.3, -0.25) is 4.72 Å². The van der Waals surface area contributed by atoms with Gasteiger partial charge in [0.15, 0.2) is 0 Å². The average molecular weight is 437 g/mol. The summed E-state index contributed by atoms with van der Waals surface area (Å²) in [6.45, 7) is 0.298. The minimum atomic E-state index is -3.94. The Balaban J connectivity index is 1.61. The fourth-order valence-electron chi connectivity index (χ4n) is 2.85. The van der Waals surface area contributed by atoms with Crippen LogP contribution in [0.15, 0.2) is 69.1 Å². The zero-order valence-electron chi connectivity index (χ0n) is 14.3. The van der Waals surface area contributed by atoms with Crippen molar-refractivity contribution >= 4 is 50.4 Å². The van der Waals surface area contributed by atoms with Gasteiger partial charge in [0.25, 0.3) is 10.0 Å². The summed E-state index contributed by atoms with van der Waals surface area (Å²) in [5.74, 6) is 0.509. The fraction of sp³-hybridized carbons (Fsp3) is 0.0556. The van der Waals surface area contributed by atoms with Gasteiger partial charge in [-0.05, 0) is 42.5 Å². The number of halogens is 2. The predicted octanol–water partition coefficient (Wildman–Crippen LogP) is 2.51. The molecule has 4 rings (SSSR count). The van der Waals surface area contributed by atoms with Crippen LogP contribution in [-0.2, 0) is 10.0 Å². The summed E-state index contributed by atoms with van der Waals surface area (Å²) >= 11 is 12.0. The molecule has 0 saturated heterocycles. The lowest BCUT2D eigenvalue weighted by molar-refractivity contribution is 0.500. The van der Waals surface area contributed by atoms with E-state index in [1.807, 2.05) is 0 Å². The second kappa shape index (κ2) is 7.05. The van der Waals surface area contributed by atoms with Gasteiger partial charge in [0, 0.05) is 11.4 Å². The molecule has 0 aliphatic carbocycles. The monoisotopic (exact) mass is 436 g/mol. The Morgan fingerprint density at radius 1 is 1.07 bits per heavy atom. The molecule has 0 atom stereocenters. The minimum Gasteiger partial charge on any atom is -0.446 e.